The van der Waals surface area contributed by atoms with E-state index in [1.165, 1.54) is 5.57 Å². The number of rotatable bonds is 5. The first-order chi connectivity index (χ1) is 5.56. The van der Waals surface area contributed by atoms with E-state index in [-0.39, 0.29) is 0 Å². The maximum atomic E-state index is 3.43. The molecule has 0 heterocycles. The van der Waals surface area contributed by atoms with E-state index in [0.29, 0.717) is 4.95 Å². The van der Waals surface area contributed by atoms with Crippen molar-refractivity contribution in [1.82, 2.24) is 10.2 Å². The van der Waals surface area contributed by atoms with Gasteiger partial charge in [0.15, 0.2) is 0 Å². The lowest BCUT2D eigenvalue weighted by molar-refractivity contribution is 0.439. The molecule has 72 valence electrons. The second-order valence-corrected chi connectivity index (χ2v) is 4.55. The lowest BCUT2D eigenvalue weighted by Crippen LogP contribution is -2.19. The smallest absolute Gasteiger partial charge is 0.0784 e. The SMILES string of the molecule is CC/C(=C\NC(C)Br)CN(C)C. The van der Waals surface area contributed by atoms with Gasteiger partial charge in [0.1, 0.15) is 0 Å². The molecule has 0 radical (unpaired) electrons. The summed E-state index contributed by atoms with van der Waals surface area (Å²) >= 11 is 3.43. The standard InChI is InChI=1S/C9H19BrN2/c1-5-9(7-12(3)4)6-11-8(2)10/h6,8,11H,5,7H2,1-4H3/b9-6+. The third-order valence-electron chi connectivity index (χ3n) is 1.49. The van der Waals surface area contributed by atoms with E-state index in [2.05, 4.69) is 60.3 Å². The van der Waals surface area contributed by atoms with Crippen LogP contribution in [0.5, 0.6) is 0 Å². The van der Waals surface area contributed by atoms with E-state index in [4.69, 9.17) is 0 Å². The van der Waals surface area contributed by atoms with Crippen molar-refractivity contribution in [2.45, 2.75) is 25.2 Å². The summed E-state index contributed by atoms with van der Waals surface area (Å²) in [5, 5.41) is 3.23. The first kappa shape index (κ1) is 12.0. The zero-order chi connectivity index (χ0) is 9.56. The Kier molecular flexibility index (Phi) is 6.48. The number of alkyl halides is 1. The highest BCUT2D eigenvalue weighted by atomic mass is 79.9. The van der Waals surface area contributed by atoms with Crippen molar-refractivity contribution in [2.75, 3.05) is 20.6 Å². The number of hydrogen-bond donors (Lipinski definition) is 1. The maximum absolute atomic E-state index is 3.43. The van der Waals surface area contributed by atoms with Crippen molar-refractivity contribution in [2.24, 2.45) is 0 Å². The summed E-state index contributed by atoms with van der Waals surface area (Å²) in [5.41, 5.74) is 1.42. The number of nitrogens with one attached hydrogen (secondary N) is 1. The quantitative estimate of drug-likeness (QED) is 0.580. The fraction of sp³-hybridized carbons (Fsp3) is 0.778. The van der Waals surface area contributed by atoms with E-state index >= 15 is 0 Å². The van der Waals surface area contributed by atoms with E-state index in [1.54, 1.807) is 0 Å². The average Bonchev–Trinajstić information content (AvgIpc) is 1.97. The normalized spacial score (nSPS) is 15.0. The van der Waals surface area contributed by atoms with Crippen LogP contribution in [0.4, 0.5) is 0 Å². The molecular weight excluding hydrogens is 216 g/mol. The summed E-state index contributed by atoms with van der Waals surface area (Å²) in [7, 11) is 4.17. The van der Waals surface area contributed by atoms with Crippen LogP contribution in [-0.2, 0) is 0 Å². The Labute approximate surface area is 84.1 Å². The van der Waals surface area contributed by atoms with E-state index in [1.807, 2.05) is 0 Å². The Bertz CT molecular complexity index is 141. The molecule has 0 aliphatic heterocycles. The minimum atomic E-state index is 0.348. The molecule has 0 saturated carbocycles. The summed E-state index contributed by atoms with van der Waals surface area (Å²) in [5.74, 6) is 0. The molecule has 0 saturated heterocycles. The van der Waals surface area contributed by atoms with Crippen LogP contribution in [0, 0.1) is 0 Å². The molecule has 0 spiro atoms. The average molecular weight is 235 g/mol. The molecule has 0 aromatic rings. The predicted octanol–water partition coefficient (Wildman–Crippen LogP) is 2.17. The van der Waals surface area contributed by atoms with Crippen LogP contribution in [0.25, 0.3) is 0 Å². The van der Waals surface area contributed by atoms with Gasteiger partial charge in [-0.25, -0.2) is 0 Å². The number of likely N-dealkylation sites (N-methyl/N-ethyl adjacent to an activating group) is 1. The summed E-state index contributed by atoms with van der Waals surface area (Å²) in [6.07, 6.45) is 3.20. The first-order valence-corrected chi connectivity index (χ1v) is 5.20. The lowest BCUT2D eigenvalue weighted by atomic mass is 10.2. The van der Waals surface area contributed by atoms with Gasteiger partial charge in [-0.05, 0) is 39.2 Å². The van der Waals surface area contributed by atoms with Crippen LogP contribution in [0.2, 0.25) is 0 Å². The number of nitrogens with zero attached hydrogens (tertiary/aromatic N) is 1. The molecule has 0 amide bonds. The highest BCUT2D eigenvalue weighted by Gasteiger charge is 1.96. The van der Waals surface area contributed by atoms with E-state index in [0.717, 1.165) is 13.0 Å². The number of hydrogen-bond acceptors (Lipinski definition) is 2. The fourth-order valence-electron chi connectivity index (χ4n) is 0.898. The first-order valence-electron chi connectivity index (χ1n) is 4.29. The van der Waals surface area contributed by atoms with Gasteiger partial charge in [0.2, 0.25) is 0 Å². The van der Waals surface area contributed by atoms with E-state index in [9.17, 15) is 0 Å². The third-order valence-corrected chi connectivity index (χ3v) is 1.75. The van der Waals surface area contributed by atoms with Gasteiger partial charge in [0.25, 0.3) is 0 Å². The zero-order valence-corrected chi connectivity index (χ0v) is 9.98. The molecule has 0 fully saturated rings. The van der Waals surface area contributed by atoms with Crippen molar-refractivity contribution in [1.29, 1.82) is 0 Å². The van der Waals surface area contributed by atoms with Crippen molar-refractivity contribution < 1.29 is 0 Å². The van der Waals surface area contributed by atoms with Crippen LogP contribution < -0.4 is 5.32 Å². The summed E-state index contributed by atoms with van der Waals surface area (Å²) in [6, 6.07) is 0. The zero-order valence-electron chi connectivity index (χ0n) is 8.39. The third kappa shape index (κ3) is 6.68. The molecule has 1 N–H and O–H groups in total. The monoisotopic (exact) mass is 234 g/mol. The van der Waals surface area contributed by atoms with Gasteiger partial charge in [0, 0.05) is 6.54 Å². The maximum Gasteiger partial charge on any atom is 0.0784 e. The Balaban J connectivity index is 3.87. The Morgan fingerprint density at radius 1 is 1.58 bits per heavy atom. The minimum absolute atomic E-state index is 0.348. The Hall–Kier alpha value is -0.0200. The van der Waals surface area contributed by atoms with Gasteiger partial charge < -0.3 is 10.2 Å². The number of halogens is 1. The van der Waals surface area contributed by atoms with Crippen molar-refractivity contribution in [3.63, 3.8) is 0 Å². The molecule has 2 nitrogen and oxygen atoms in total. The minimum Gasteiger partial charge on any atom is -0.379 e. The molecule has 0 aromatic carbocycles. The molecule has 0 rings (SSSR count). The van der Waals surface area contributed by atoms with Crippen LogP contribution >= 0.6 is 15.9 Å². The highest BCUT2D eigenvalue weighted by molar-refractivity contribution is 9.09. The summed E-state index contributed by atoms with van der Waals surface area (Å²) in [6.45, 7) is 5.28. The van der Waals surface area contributed by atoms with Crippen LogP contribution in [0.1, 0.15) is 20.3 Å². The van der Waals surface area contributed by atoms with Gasteiger partial charge in [-0.2, -0.15) is 0 Å². The topological polar surface area (TPSA) is 15.3 Å². The molecular formula is C9H19BrN2. The molecule has 1 atom stereocenters. The van der Waals surface area contributed by atoms with Crippen LogP contribution in [-0.4, -0.2) is 30.5 Å². The molecule has 1 unspecified atom stereocenters. The molecule has 0 aliphatic carbocycles. The molecule has 0 aliphatic rings. The Morgan fingerprint density at radius 2 is 2.17 bits per heavy atom. The van der Waals surface area contributed by atoms with Gasteiger partial charge in [-0.15, -0.1) is 0 Å². The summed E-state index contributed by atoms with van der Waals surface area (Å²) < 4.78 is 0. The molecule has 3 heteroatoms. The second-order valence-electron chi connectivity index (χ2n) is 3.18. The fourth-order valence-corrected chi connectivity index (χ4v) is 1.03. The Morgan fingerprint density at radius 3 is 2.50 bits per heavy atom. The lowest BCUT2D eigenvalue weighted by Gasteiger charge is -2.13. The van der Waals surface area contributed by atoms with Gasteiger partial charge >= 0.3 is 0 Å². The predicted molar refractivity (Wildman–Crippen MR) is 58.5 cm³/mol. The molecule has 0 bridgehead atoms. The van der Waals surface area contributed by atoms with Gasteiger partial charge in [-0.1, -0.05) is 22.9 Å². The van der Waals surface area contributed by atoms with E-state index < -0.39 is 0 Å². The molecule has 12 heavy (non-hydrogen) atoms. The second kappa shape index (κ2) is 6.49. The largest absolute Gasteiger partial charge is 0.379 e. The molecule has 0 aromatic heterocycles. The van der Waals surface area contributed by atoms with Crippen LogP contribution in [0.15, 0.2) is 11.8 Å². The highest BCUT2D eigenvalue weighted by Crippen LogP contribution is 2.01. The van der Waals surface area contributed by atoms with Crippen LogP contribution in [0.3, 0.4) is 0 Å². The van der Waals surface area contributed by atoms with Gasteiger partial charge in [-0.3, -0.25) is 0 Å². The van der Waals surface area contributed by atoms with Gasteiger partial charge in [0.05, 0.1) is 4.95 Å². The summed E-state index contributed by atoms with van der Waals surface area (Å²) in [4.78, 5) is 2.52. The van der Waals surface area contributed by atoms with Crippen molar-refractivity contribution in [3.8, 4) is 0 Å². The van der Waals surface area contributed by atoms with Crippen molar-refractivity contribution in [3.05, 3.63) is 11.8 Å². The van der Waals surface area contributed by atoms with Crippen molar-refractivity contribution >= 4 is 15.9 Å².